The molecular formula is C16H28N2O. The van der Waals surface area contributed by atoms with Crippen LogP contribution in [0.15, 0.2) is 24.3 Å². The van der Waals surface area contributed by atoms with Crippen molar-refractivity contribution in [1.29, 1.82) is 0 Å². The van der Waals surface area contributed by atoms with E-state index in [1.165, 1.54) is 11.1 Å². The maximum atomic E-state index is 9.29. The number of aliphatic hydroxyl groups is 1. The fourth-order valence-electron chi connectivity index (χ4n) is 2.61. The summed E-state index contributed by atoms with van der Waals surface area (Å²) >= 11 is 0. The summed E-state index contributed by atoms with van der Waals surface area (Å²) in [5.41, 5.74) is 8.85. The minimum atomic E-state index is 0.0971. The molecule has 0 saturated heterocycles. The van der Waals surface area contributed by atoms with Crippen LogP contribution in [-0.4, -0.2) is 35.7 Å². The normalized spacial score (nSPS) is 14.6. The van der Waals surface area contributed by atoms with Crippen molar-refractivity contribution >= 4 is 0 Å². The van der Waals surface area contributed by atoms with Gasteiger partial charge in [0.1, 0.15) is 0 Å². The van der Waals surface area contributed by atoms with Gasteiger partial charge in [-0.3, -0.25) is 4.90 Å². The highest BCUT2D eigenvalue weighted by Gasteiger charge is 2.24. The third-order valence-corrected chi connectivity index (χ3v) is 3.55. The minimum Gasteiger partial charge on any atom is -0.395 e. The van der Waals surface area contributed by atoms with Gasteiger partial charge >= 0.3 is 0 Å². The summed E-state index contributed by atoms with van der Waals surface area (Å²) in [6, 6.07) is 8.84. The molecule has 0 heterocycles. The van der Waals surface area contributed by atoms with Crippen LogP contribution in [0, 0.1) is 6.92 Å². The number of aryl methyl sites for hydroxylation is 1. The number of aliphatic hydroxyl groups excluding tert-OH is 1. The summed E-state index contributed by atoms with van der Waals surface area (Å²) < 4.78 is 0. The molecule has 2 atom stereocenters. The number of benzene rings is 1. The third kappa shape index (κ3) is 4.60. The van der Waals surface area contributed by atoms with E-state index in [9.17, 15) is 5.11 Å². The van der Waals surface area contributed by atoms with Crippen molar-refractivity contribution in [2.45, 2.75) is 45.7 Å². The van der Waals surface area contributed by atoms with Crippen molar-refractivity contribution in [2.24, 2.45) is 5.73 Å². The average Bonchev–Trinajstić information content (AvgIpc) is 2.39. The Balaban J connectivity index is 3.04. The topological polar surface area (TPSA) is 49.5 Å². The van der Waals surface area contributed by atoms with Crippen LogP contribution in [0.2, 0.25) is 0 Å². The molecule has 1 aromatic carbocycles. The van der Waals surface area contributed by atoms with Crippen LogP contribution in [0.1, 0.15) is 43.9 Å². The first-order valence-electron chi connectivity index (χ1n) is 7.31. The lowest BCUT2D eigenvalue weighted by molar-refractivity contribution is 0.132. The molecule has 1 rings (SSSR count). The van der Waals surface area contributed by atoms with Crippen molar-refractivity contribution < 1.29 is 5.11 Å². The van der Waals surface area contributed by atoms with Gasteiger partial charge in [-0.05, 0) is 31.9 Å². The van der Waals surface area contributed by atoms with E-state index in [-0.39, 0.29) is 18.7 Å². The quantitative estimate of drug-likeness (QED) is 0.758. The van der Waals surface area contributed by atoms with E-state index >= 15 is 0 Å². The van der Waals surface area contributed by atoms with Gasteiger partial charge in [0.2, 0.25) is 0 Å². The fraction of sp³-hybridized carbons (Fsp3) is 0.625. The molecule has 108 valence electrons. The highest BCUT2D eigenvalue weighted by Crippen LogP contribution is 2.25. The fourth-order valence-corrected chi connectivity index (χ4v) is 2.61. The first kappa shape index (κ1) is 16.2. The minimum absolute atomic E-state index is 0.0971. The Labute approximate surface area is 117 Å². The molecule has 2 unspecified atom stereocenters. The predicted octanol–water partition coefficient (Wildman–Crippen LogP) is 2.48. The number of rotatable bonds is 8. The zero-order chi connectivity index (χ0) is 14.3. The van der Waals surface area contributed by atoms with E-state index in [0.717, 1.165) is 19.4 Å². The highest BCUT2D eigenvalue weighted by molar-refractivity contribution is 5.26. The number of nitrogens with zero attached hydrogens (tertiary/aromatic N) is 1. The van der Waals surface area contributed by atoms with Crippen molar-refractivity contribution in [3.63, 3.8) is 0 Å². The molecule has 0 aliphatic rings. The average molecular weight is 264 g/mol. The lowest BCUT2D eigenvalue weighted by Crippen LogP contribution is -2.42. The van der Waals surface area contributed by atoms with E-state index in [1.807, 2.05) is 0 Å². The second-order valence-electron chi connectivity index (χ2n) is 5.19. The Morgan fingerprint density at radius 3 is 2.53 bits per heavy atom. The van der Waals surface area contributed by atoms with Crippen LogP contribution >= 0.6 is 0 Å². The molecule has 3 nitrogen and oxygen atoms in total. The number of hydrogen-bond acceptors (Lipinski definition) is 3. The third-order valence-electron chi connectivity index (χ3n) is 3.55. The predicted molar refractivity (Wildman–Crippen MR) is 81.1 cm³/mol. The van der Waals surface area contributed by atoms with Gasteiger partial charge in [0, 0.05) is 18.6 Å². The van der Waals surface area contributed by atoms with Crippen LogP contribution in [0.3, 0.4) is 0 Å². The Hall–Kier alpha value is -0.900. The maximum absolute atomic E-state index is 9.29. The maximum Gasteiger partial charge on any atom is 0.0558 e. The molecule has 0 amide bonds. The SMILES string of the molecule is CCCN(CCO)C(c1cccc(C)c1)C(N)CC. The first-order valence-corrected chi connectivity index (χ1v) is 7.31. The van der Waals surface area contributed by atoms with Crippen LogP contribution in [0.5, 0.6) is 0 Å². The van der Waals surface area contributed by atoms with Crippen LogP contribution in [-0.2, 0) is 0 Å². The molecule has 3 heteroatoms. The van der Waals surface area contributed by atoms with E-state index in [2.05, 4.69) is 49.9 Å². The van der Waals surface area contributed by atoms with Gasteiger partial charge in [-0.1, -0.05) is 43.7 Å². The molecule has 0 spiro atoms. The number of nitrogens with two attached hydrogens (primary N) is 1. The van der Waals surface area contributed by atoms with E-state index < -0.39 is 0 Å². The molecule has 0 bridgehead atoms. The van der Waals surface area contributed by atoms with Gasteiger partial charge < -0.3 is 10.8 Å². The summed E-state index contributed by atoms with van der Waals surface area (Å²) in [7, 11) is 0. The van der Waals surface area contributed by atoms with E-state index in [4.69, 9.17) is 5.73 Å². The van der Waals surface area contributed by atoms with Crippen LogP contribution < -0.4 is 5.73 Å². The molecule has 19 heavy (non-hydrogen) atoms. The summed E-state index contributed by atoms with van der Waals surface area (Å²) in [5.74, 6) is 0. The zero-order valence-corrected chi connectivity index (χ0v) is 12.5. The van der Waals surface area contributed by atoms with Crippen molar-refractivity contribution in [1.82, 2.24) is 4.90 Å². The largest absolute Gasteiger partial charge is 0.395 e. The highest BCUT2D eigenvalue weighted by atomic mass is 16.3. The molecule has 3 N–H and O–H groups in total. The lowest BCUT2D eigenvalue weighted by Gasteiger charge is -2.35. The Morgan fingerprint density at radius 1 is 1.26 bits per heavy atom. The van der Waals surface area contributed by atoms with Gasteiger partial charge in [0.25, 0.3) is 0 Å². The second-order valence-corrected chi connectivity index (χ2v) is 5.19. The summed E-state index contributed by atoms with van der Waals surface area (Å²) in [4.78, 5) is 2.31. The van der Waals surface area contributed by atoms with Crippen molar-refractivity contribution in [3.05, 3.63) is 35.4 Å². The molecule has 0 aliphatic heterocycles. The van der Waals surface area contributed by atoms with Crippen LogP contribution in [0.4, 0.5) is 0 Å². The second kappa shape index (κ2) is 8.31. The molecule has 0 aromatic heterocycles. The molecule has 0 radical (unpaired) electrons. The summed E-state index contributed by atoms with van der Waals surface area (Å²) in [6.07, 6.45) is 2.00. The summed E-state index contributed by atoms with van der Waals surface area (Å²) in [6.45, 7) is 8.21. The van der Waals surface area contributed by atoms with E-state index in [1.54, 1.807) is 0 Å². The number of hydrogen-bond donors (Lipinski definition) is 2. The Kier molecular flexibility index (Phi) is 7.06. The molecular weight excluding hydrogens is 236 g/mol. The zero-order valence-electron chi connectivity index (χ0n) is 12.5. The molecule has 0 aliphatic carbocycles. The molecule has 0 saturated carbocycles. The van der Waals surface area contributed by atoms with Gasteiger partial charge in [-0.25, -0.2) is 0 Å². The smallest absolute Gasteiger partial charge is 0.0558 e. The standard InChI is InChI=1S/C16H28N2O/c1-4-9-18(10-11-19)16(15(17)5-2)14-8-6-7-13(3)12-14/h6-8,12,15-16,19H,4-5,9-11,17H2,1-3H3. The monoisotopic (exact) mass is 264 g/mol. The lowest BCUT2D eigenvalue weighted by atomic mass is 9.95. The van der Waals surface area contributed by atoms with Crippen molar-refractivity contribution in [2.75, 3.05) is 19.7 Å². The Bertz CT molecular complexity index is 362. The van der Waals surface area contributed by atoms with Gasteiger partial charge in [-0.15, -0.1) is 0 Å². The van der Waals surface area contributed by atoms with Gasteiger partial charge in [-0.2, -0.15) is 0 Å². The Morgan fingerprint density at radius 2 is 2.00 bits per heavy atom. The molecule has 0 fully saturated rings. The van der Waals surface area contributed by atoms with Gasteiger partial charge in [0.05, 0.1) is 6.61 Å². The summed E-state index contributed by atoms with van der Waals surface area (Å²) in [5, 5.41) is 9.29. The van der Waals surface area contributed by atoms with E-state index in [0.29, 0.717) is 6.54 Å². The van der Waals surface area contributed by atoms with Crippen LogP contribution in [0.25, 0.3) is 0 Å². The molecule has 1 aromatic rings. The van der Waals surface area contributed by atoms with Gasteiger partial charge in [0.15, 0.2) is 0 Å². The first-order chi connectivity index (χ1) is 9.13. The van der Waals surface area contributed by atoms with Crippen molar-refractivity contribution in [3.8, 4) is 0 Å².